The van der Waals surface area contributed by atoms with E-state index in [0.717, 1.165) is 28.0 Å². The molecule has 2 aromatic carbocycles. The standard InChI is InChI=1S/C25H32N2O5S2/c1-30-20-12-14-6-8-18(27-25(29)17(26)10-11-33-4)16-13-19(28)21(34-5)9-7-15(16)22(14)24(32-3)23(20)31-2/h7,9,12-13,17-18H,6,8,10-11,26H2,1-5H3,(H,27,29)/t17-,18+/m1/s1. The molecule has 1 amide bonds. The van der Waals surface area contributed by atoms with E-state index >= 15 is 0 Å². The summed E-state index contributed by atoms with van der Waals surface area (Å²) in [6.07, 6.45) is 5.67. The summed E-state index contributed by atoms with van der Waals surface area (Å²) in [6.45, 7) is 0. The van der Waals surface area contributed by atoms with Gasteiger partial charge in [-0.3, -0.25) is 9.59 Å². The third-order valence-corrected chi connectivity index (χ3v) is 7.43. The van der Waals surface area contributed by atoms with Gasteiger partial charge in [0.15, 0.2) is 16.9 Å². The molecule has 34 heavy (non-hydrogen) atoms. The van der Waals surface area contributed by atoms with Crippen LogP contribution in [0.4, 0.5) is 0 Å². The lowest BCUT2D eigenvalue weighted by Crippen LogP contribution is -2.42. The zero-order valence-corrected chi connectivity index (χ0v) is 21.9. The van der Waals surface area contributed by atoms with E-state index in [2.05, 4.69) is 5.32 Å². The fraction of sp³-hybridized carbons (Fsp3) is 0.440. The van der Waals surface area contributed by atoms with Crippen LogP contribution in [0.1, 0.15) is 30.0 Å². The van der Waals surface area contributed by atoms with Crippen molar-refractivity contribution in [2.75, 3.05) is 39.6 Å². The zero-order chi connectivity index (χ0) is 24.8. The molecule has 3 N–H and O–H groups in total. The number of carbonyl (C=O) groups excluding carboxylic acids is 1. The first-order chi connectivity index (χ1) is 16.4. The zero-order valence-electron chi connectivity index (χ0n) is 20.2. The second kappa shape index (κ2) is 11.9. The quantitative estimate of drug-likeness (QED) is 0.500. The van der Waals surface area contributed by atoms with Crippen LogP contribution in [0.15, 0.2) is 34.0 Å². The predicted molar refractivity (Wildman–Crippen MR) is 140 cm³/mol. The highest BCUT2D eigenvalue weighted by molar-refractivity contribution is 7.98. The largest absolute Gasteiger partial charge is 0.493 e. The first kappa shape index (κ1) is 26.2. The van der Waals surface area contributed by atoms with E-state index in [0.29, 0.717) is 41.4 Å². The topological polar surface area (TPSA) is 99.9 Å². The van der Waals surface area contributed by atoms with Gasteiger partial charge < -0.3 is 25.3 Å². The molecule has 0 saturated heterocycles. The van der Waals surface area contributed by atoms with Gasteiger partial charge in [-0.05, 0) is 72.4 Å². The molecule has 0 radical (unpaired) electrons. The Morgan fingerprint density at radius 3 is 2.50 bits per heavy atom. The van der Waals surface area contributed by atoms with Gasteiger partial charge in [0.25, 0.3) is 0 Å². The number of ether oxygens (including phenoxy) is 3. The van der Waals surface area contributed by atoms with Crippen LogP contribution in [-0.2, 0) is 11.2 Å². The summed E-state index contributed by atoms with van der Waals surface area (Å²) in [7, 11) is 4.74. The third kappa shape index (κ3) is 5.31. The molecule has 0 aromatic heterocycles. The van der Waals surface area contributed by atoms with Crippen molar-refractivity contribution in [2.24, 2.45) is 5.73 Å². The Morgan fingerprint density at radius 2 is 1.88 bits per heavy atom. The van der Waals surface area contributed by atoms with Gasteiger partial charge in [0, 0.05) is 5.56 Å². The predicted octanol–water partition coefficient (Wildman–Crippen LogP) is 3.65. The van der Waals surface area contributed by atoms with E-state index in [1.165, 1.54) is 11.8 Å². The van der Waals surface area contributed by atoms with Gasteiger partial charge in [-0.1, -0.05) is 6.07 Å². The van der Waals surface area contributed by atoms with Crippen LogP contribution in [0.25, 0.3) is 11.1 Å². The monoisotopic (exact) mass is 504 g/mol. The summed E-state index contributed by atoms with van der Waals surface area (Å²) < 4.78 is 17.0. The first-order valence-electron chi connectivity index (χ1n) is 11.0. The van der Waals surface area contributed by atoms with Crippen molar-refractivity contribution in [3.63, 3.8) is 0 Å². The van der Waals surface area contributed by atoms with Crippen molar-refractivity contribution in [3.8, 4) is 28.4 Å². The molecular weight excluding hydrogens is 472 g/mol. The minimum absolute atomic E-state index is 0.0948. The normalized spacial score (nSPS) is 15.4. The third-order valence-electron chi connectivity index (χ3n) is 6.01. The summed E-state index contributed by atoms with van der Waals surface area (Å²) in [5.74, 6) is 2.16. The highest BCUT2D eigenvalue weighted by Crippen LogP contribution is 2.50. The number of hydrogen-bond acceptors (Lipinski definition) is 8. The summed E-state index contributed by atoms with van der Waals surface area (Å²) in [6, 6.07) is 6.32. The van der Waals surface area contributed by atoms with E-state index in [4.69, 9.17) is 19.9 Å². The maximum atomic E-state index is 13.0. The Labute approximate surface area is 209 Å². The summed E-state index contributed by atoms with van der Waals surface area (Å²) in [4.78, 5) is 26.5. The van der Waals surface area contributed by atoms with Crippen LogP contribution >= 0.6 is 23.5 Å². The molecule has 0 unspecified atom stereocenters. The van der Waals surface area contributed by atoms with Gasteiger partial charge in [0.05, 0.1) is 38.3 Å². The number of aryl methyl sites for hydroxylation is 1. The molecule has 2 atom stereocenters. The summed E-state index contributed by atoms with van der Waals surface area (Å²) in [5, 5.41) is 3.11. The number of nitrogens with one attached hydrogen (secondary N) is 1. The SMILES string of the molecule is COc1cc2c(c(OC)c1OC)-c1ccc(SC)c(=O)cc1[C@@H](NC(=O)[C@H](N)CCSC)CC2. The van der Waals surface area contributed by atoms with Crippen LogP contribution < -0.4 is 30.7 Å². The number of rotatable bonds is 9. The molecule has 0 saturated carbocycles. The molecule has 184 valence electrons. The van der Waals surface area contributed by atoms with Gasteiger partial charge in [-0.15, -0.1) is 11.8 Å². The van der Waals surface area contributed by atoms with Crippen molar-refractivity contribution in [3.05, 3.63) is 45.6 Å². The number of carbonyl (C=O) groups is 1. The Balaban J connectivity index is 2.23. The lowest BCUT2D eigenvalue weighted by Gasteiger charge is -2.21. The molecule has 0 heterocycles. The van der Waals surface area contributed by atoms with Crippen molar-refractivity contribution < 1.29 is 19.0 Å². The summed E-state index contributed by atoms with van der Waals surface area (Å²) in [5.41, 5.74) is 9.42. The second-order valence-electron chi connectivity index (χ2n) is 7.95. The number of fused-ring (bicyclic) bond motifs is 3. The number of amides is 1. The first-order valence-corrected chi connectivity index (χ1v) is 13.6. The molecule has 1 aliphatic rings. The van der Waals surface area contributed by atoms with Crippen molar-refractivity contribution >= 4 is 29.4 Å². The van der Waals surface area contributed by atoms with E-state index < -0.39 is 6.04 Å². The van der Waals surface area contributed by atoms with Crippen molar-refractivity contribution in [1.82, 2.24) is 5.32 Å². The van der Waals surface area contributed by atoms with Gasteiger partial charge in [-0.25, -0.2) is 0 Å². The molecule has 0 fully saturated rings. The molecule has 7 nitrogen and oxygen atoms in total. The van der Waals surface area contributed by atoms with E-state index in [1.807, 2.05) is 30.7 Å². The smallest absolute Gasteiger partial charge is 0.237 e. The Kier molecular flexibility index (Phi) is 9.16. The number of nitrogens with two attached hydrogens (primary N) is 1. The van der Waals surface area contributed by atoms with E-state index in [-0.39, 0.29) is 17.4 Å². The van der Waals surface area contributed by atoms with Gasteiger partial charge in [0.1, 0.15) is 0 Å². The minimum atomic E-state index is -0.609. The number of hydrogen-bond donors (Lipinski definition) is 2. The van der Waals surface area contributed by atoms with Crippen LogP contribution in [0.2, 0.25) is 0 Å². The highest BCUT2D eigenvalue weighted by atomic mass is 32.2. The fourth-order valence-electron chi connectivity index (χ4n) is 4.27. The molecule has 2 aromatic rings. The lowest BCUT2D eigenvalue weighted by molar-refractivity contribution is -0.123. The maximum absolute atomic E-state index is 13.0. The Bertz CT molecular complexity index is 1110. The lowest BCUT2D eigenvalue weighted by atomic mass is 9.95. The molecule has 1 aliphatic carbocycles. The van der Waals surface area contributed by atoms with Gasteiger partial charge >= 0.3 is 0 Å². The van der Waals surface area contributed by atoms with E-state index in [1.54, 1.807) is 39.2 Å². The van der Waals surface area contributed by atoms with Gasteiger partial charge in [-0.2, -0.15) is 11.8 Å². The number of thioether (sulfide) groups is 2. The van der Waals surface area contributed by atoms with Crippen molar-refractivity contribution in [1.29, 1.82) is 0 Å². The summed E-state index contributed by atoms with van der Waals surface area (Å²) >= 11 is 3.04. The van der Waals surface area contributed by atoms with Crippen molar-refractivity contribution in [2.45, 2.75) is 36.2 Å². The van der Waals surface area contributed by atoms with Crippen LogP contribution in [0.5, 0.6) is 17.2 Å². The molecule has 0 spiro atoms. The fourth-order valence-corrected chi connectivity index (χ4v) is 5.23. The number of methoxy groups -OCH3 is 3. The van der Waals surface area contributed by atoms with E-state index in [9.17, 15) is 9.59 Å². The molecule has 9 heteroatoms. The molecule has 3 rings (SSSR count). The minimum Gasteiger partial charge on any atom is -0.493 e. The Morgan fingerprint density at radius 1 is 1.15 bits per heavy atom. The highest BCUT2D eigenvalue weighted by Gasteiger charge is 2.30. The molecular formula is C25H32N2O5S2. The molecule has 0 bridgehead atoms. The Hall–Kier alpha value is -2.36. The maximum Gasteiger partial charge on any atom is 0.237 e. The van der Waals surface area contributed by atoms with Crippen LogP contribution in [0.3, 0.4) is 0 Å². The molecule has 0 aliphatic heterocycles. The van der Waals surface area contributed by atoms with Crippen LogP contribution in [-0.4, -0.2) is 51.5 Å². The average molecular weight is 505 g/mol. The second-order valence-corrected chi connectivity index (χ2v) is 9.78. The number of benzene rings is 1. The average Bonchev–Trinajstić information content (AvgIpc) is 3.09. The van der Waals surface area contributed by atoms with Gasteiger partial charge in [0.2, 0.25) is 11.7 Å². The van der Waals surface area contributed by atoms with Crippen LogP contribution in [0, 0.1) is 0 Å².